The molecule has 1 fully saturated rings. The van der Waals surface area contributed by atoms with Gasteiger partial charge in [-0.3, -0.25) is 15.1 Å². The van der Waals surface area contributed by atoms with Gasteiger partial charge in [0.15, 0.2) is 0 Å². The van der Waals surface area contributed by atoms with Crippen LogP contribution in [-0.4, -0.2) is 39.5 Å². The van der Waals surface area contributed by atoms with Gasteiger partial charge in [-0.2, -0.15) is 10.4 Å². The number of rotatable bonds is 6. The van der Waals surface area contributed by atoms with Crippen LogP contribution in [0.3, 0.4) is 0 Å². The second kappa shape index (κ2) is 9.63. The SMILES string of the molecule is N#Cc1cc(-c2ccnc(Cc3ccc(-c4cn[nH]c4)cn3)c2)ccc1OC1CCOCC1. The Morgan fingerprint density at radius 2 is 1.79 bits per heavy atom. The van der Waals surface area contributed by atoms with Gasteiger partial charge in [0.05, 0.1) is 25.0 Å². The number of nitrogens with zero attached hydrogens (tertiary/aromatic N) is 4. The van der Waals surface area contributed by atoms with Crippen LogP contribution in [0, 0.1) is 11.3 Å². The molecule has 1 N–H and O–H groups in total. The zero-order valence-electron chi connectivity index (χ0n) is 18.1. The Labute approximate surface area is 192 Å². The summed E-state index contributed by atoms with van der Waals surface area (Å²) in [5.41, 5.74) is 6.37. The van der Waals surface area contributed by atoms with Gasteiger partial charge in [0.25, 0.3) is 0 Å². The van der Waals surface area contributed by atoms with Crippen molar-refractivity contribution in [3.05, 3.63) is 84.2 Å². The van der Waals surface area contributed by atoms with Crippen molar-refractivity contribution in [1.82, 2.24) is 20.2 Å². The molecule has 7 nitrogen and oxygen atoms in total. The van der Waals surface area contributed by atoms with Crippen molar-refractivity contribution in [2.45, 2.75) is 25.4 Å². The molecule has 5 rings (SSSR count). The smallest absolute Gasteiger partial charge is 0.137 e. The van der Waals surface area contributed by atoms with E-state index >= 15 is 0 Å². The van der Waals surface area contributed by atoms with Gasteiger partial charge in [-0.15, -0.1) is 0 Å². The van der Waals surface area contributed by atoms with E-state index in [1.165, 1.54) is 0 Å². The number of benzene rings is 1. The van der Waals surface area contributed by atoms with Crippen molar-refractivity contribution in [3.63, 3.8) is 0 Å². The topological polar surface area (TPSA) is 96.7 Å². The first-order chi connectivity index (χ1) is 16.3. The lowest BCUT2D eigenvalue weighted by Gasteiger charge is -2.23. The predicted molar refractivity (Wildman–Crippen MR) is 123 cm³/mol. The summed E-state index contributed by atoms with van der Waals surface area (Å²) in [6.45, 7) is 1.40. The van der Waals surface area contributed by atoms with Crippen molar-refractivity contribution in [2.24, 2.45) is 0 Å². The van der Waals surface area contributed by atoms with Crippen LogP contribution >= 0.6 is 0 Å². The minimum atomic E-state index is 0.0941. The molecule has 3 aromatic heterocycles. The highest BCUT2D eigenvalue weighted by molar-refractivity contribution is 5.67. The van der Waals surface area contributed by atoms with E-state index in [9.17, 15) is 5.26 Å². The third kappa shape index (κ3) is 4.92. The normalized spacial score (nSPS) is 14.0. The molecule has 1 saturated heterocycles. The Bertz CT molecular complexity index is 1260. The molecule has 0 saturated carbocycles. The molecular formula is C26H23N5O2. The minimum absolute atomic E-state index is 0.0941. The largest absolute Gasteiger partial charge is 0.489 e. The van der Waals surface area contributed by atoms with Crippen LogP contribution in [0.5, 0.6) is 5.75 Å². The maximum Gasteiger partial charge on any atom is 0.137 e. The third-order valence-electron chi connectivity index (χ3n) is 5.73. The van der Waals surface area contributed by atoms with Crippen LogP contribution < -0.4 is 4.74 Å². The van der Waals surface area contributed by atoms with Crippen LogP contribution in [-0.2, 0) is 11.2 Å². The van der Waals surface area contributed by atoms with E-state index in [0.29, 0.717) is 30.9 Å². The molecule has 1 aliphatic rings. The molecule has 0 bridgehead atoms. The van der Waals surface area contributed by atoms with Crippen LogP contribution in [0.15, 0.2) is 67.3 Å². The second-order valence-corrected chi connectivity index (χ2v) is 7.99. The lowest BCUT2D eigenvalue weighted by Crippen LogP contribution is -2.26. The Kier molecular flexibility index (Phi) is 6.09. The number of nitriles is 1. The zero-order chi connectivity index (χ0) is 22.5. The molecule has 0 unspecified atom stereocenters. The van der Waals surface area contributed by atoms with Crippen LogP contribution in [0.1, 0.15) is 29.8 Å². The molecule has 1 aliphatic heterocycles. The first kappa shape index (κ1) is 20.9. The zero-order valence-corrected chi connectivity index (χ0v) is 18.1. The van der Waals surface area contributed by atoms with Gasteiger partial charge in [0.1, 0.15) is 17.9 Å². The number of aromatic nitrogens is 4. The lowest BCUT2D eigenvalue weighted by atomic mass is 10.0. The van der Waals surface area contributed by atoms with E-state index in [0.717, 1.165) is 46.5 Å². The van der Waals surface area contributed by atoms with Crippen LogP contribution in [0.25, 0.3) is 22.3 Å². The van der Waals surface area contributed by atoms with Gasteiger partial charge in [0.2, 0.25) is 0 Å². The summed E-state index contributed by atoms with van der Waals surface area (Å²) >= 11 is 0. The molecule has 0 radical (unpaired) electrons. The maximum atomic E-state index is 9.68. The van der Waals surface area contributed by atoms with Crippen molar-refractivity contribution < 1.29 is 9.47 Å². The predicted octanol–water partition coefficient (Wildman–Crippen LogP) is 4.55. The average Bonchev–Trinajstić information content (AvgIpc) is 3.41. The number of hydrogen-bond acceptors (Lipinski definition) is 6. The number of ether oxygens (including phenoxy) is 2. The molecule has 7 heteroatoms. The molecule has 0 amide bonds. The quantitative estimate of drug-likeness (QED) is 0.475. The van der Waals surface area contributed by atoms with Gasteiger partial charge < -0.3 is 9.47 Å². The monoisotopic (exact) mass is 437 g/mol. The van der Waals surface area contributed by atoms with E-state index in [-0.39, 0.29) is 6.10 Å². The number of nitrogens with one attached hydrogen (secondary N) is 1. The van der Waals surface area contributed by atoms with Gasteiger partial charge in [-0.25, -0.2) is 0 Å². The first-order valence-corrected chi connectivity index (χ1v) is 11.0. The summed E-state index contributed by atoms with van der Waals surface area (Å²) in [5, 5.41) is 16.5. The highest BCUT2D eigenvalue weighted by atomic mass is 16.5. The van der Waals surface area contributed by atoms with E-state index in [4.69, 9.17) is 9.47 Å². The Hall–Kier alpha value is -4.02. The number of H-pyrrole nitrogens is 1. The van der Waals surface area contributed by atoms with Crippen molar-refractivity contribution in [3.8, 4) is 34.1 Å². The fourth-order valence-corrected chi connectivity index (χ4v) is 3.92. The minimum Gasteiger partial charge on any atom is -0.489 e. The Balaban J connectivity index is 1.32. The number of pyridine rings is 2. The Morgan fingerprint density at radius 1 is 0.939 bits per heavy atom. The van der Waals surface area contributed by atoms with Gasteiger partial charge in [-0.05, 0) is 41.5 Å². The van der Waals surface area contributed by atoms with Crippen molar-refractivity contribution >= 4 is 0 Å². The molecule has 1 aromatic carbocycles. The molecule has 0 atom stereocenters. The fraction of sp³-hybridized carbons (Fsp3) is 0.231. The van der Waals surface area contributed by atoms with Crippen LogP contribution in [0.4, 0.5) is 0 Å². The second-order valence-electron chi connectivity index (χ2n) is 7.99. The molecule has 33 heavy (non-hydrogen) atoms. The summed E-state index contributed by atoms with van der Waals surface area (Å²) in [6.07, 6.45) is 9.67. The molecular weight excluding hydrogens is 414 g/mol. The van der Waals surface area contributed by atoms with Gasteiger partial charge in [0, 0.05) is 60.4 Å². The highest BCUT2D eigenvalue weighted by Crippen LogP contribution is 2.29. The molecule has 0 aliphatic carbocycles. The number of hydrogen-bond donors (Lipinski definition) is 1. The van der Waals surface area contributed by atoms with Crippen molar-refractivity contribution in [1.29, 1.82) is 5.26 Å². The van der Waals surface area contributed by atoms with Gasteiger partial charge >= 0.3 is 0 Å². The summed E-state index contributed by atoms with van der Waals surface area (Å²) in [4.78, 5) is 9.09. The molecule has 164 valence electrons. The summed E-state index contributed by atoms with van der Waals surface area (Å²) in [6, 6.07) is 16.1. The summed E-state index contributed by atoms with van der Waals surface area (Å²) < 4.78 is 11.5. The molecule has 0 spiro atoms. The first-order valence-electron chi connectivity index (χ1n) is 11.0. The standard InChI is InChI=1S/C26H23N5O2/c27-14-21-11-18(2-4-26(21)33-25-6-9-32-10-7-25)19-5-8-28-24(12-19)13-23-3-1-20(15-29-23)22-16-30-31-17-22/h1-5,8,11-12,15-17,25H,6-7,9-10,13H2,(H,30,31). The van der Waals surface area contributed by atoms with E-state index in [1.807, 2.05) is 54.9 Å². The summed E-state index contributed by atoms with van der Waals surface area (Å²) in [5.74, 6) is 0.629. The van der Waals surface area contributed by atoms with Gasteiger partial charge in [-0.1, -0.05) is 12.1 Å². The molecule has 4 aromatic rings. The fourth-order valence-electron chi connectivity index (χ4n) is 3.92. The average molecular weight is 438 g/mol. The third-order valence-corrected chi connectivity index (χ3v) is 5.73. The van der Waals surface area contributed by atoms with Crippen molar-refractivity contribution in [2.75, 3.05) is 13.2 Å². The van der Waals surface area contributed by atoms with E-state index in [1.54, 1.807) is 12.4 Å². The highest BCUT2D eigenvalue weighted by Gasteiger charge is 2.17. The lowest BCUT2D eigenvalue weighted by molar-refractivity contribution is 0.0254. The number of aromatic amines is 1. The summed E-state index contributed by atoms with van der Waals surface area (Å²) in [7, 11) is 0. The maximum absolute atomic E-state index is 9.68. The molecule has 4 heterocycles. The Morgan fingerprint density at radius 3 is 2.55 bits per heavy atom. The van der Waals surface area contributed by atoms with E-state index < -0.39 is 0 Å². The van der Waals surface area contributed by atoms with Crippen LogP contribution in [0.2, 0.25) is 0 Å². The van der Waals surface area contributed by atoms with E-state index in [2.05, 4.69) is 26.2 Å².